The van der Waals surface area contributed by atoms with Gasteiger partial charge < -0.3 is 4.90 Å². The molecule has 84 valence electrons. The van der Waals surface area contributed by atoms with Gasteiger partial charge in [0.2, 0.25) is 0 Å². The first-order valence-corrected chi connectivity index (χ1v) is 6.25. The van der Waals surface area contributed by atoms with Crippen molar-refractivity contribution in [2.75, 3.05) is 23.9 Å². The third-order valence-corrected chi connectivity index (χ3v) is 3.39. The predicted molar refractivity (Wildman–Crippen MR) is 69.3 cm³/mol. The second kappa shape index (κ2) is 6.24. The van der Waals surface area contributed by atoms with Crippen LogP contribution in [0.15, 0.2) is 24.3 Å². The molecule has 0 bridgehead atoms. The Morgan fingerprint density at radius 2 is 1.67 bits per heavy atom. The lowest BCUT2D eigenvalue weighted by atomic mass is 10.1. The average molecular weight is 246 g/mol. The van der Waals surface area contributed by atoms with E-state index in [9.17, 15) is 0 Å². The van der Waals surface area contributed by atoms with Crippen LogP contribution >= 0.6 is 23.2 Å². The lowest BCUT2D eigenvalue weighted by Gasteiger charge is -2.21. The van der Waals surface area contributed by atoms with Gasteiger partial charge in [0, 0.05) is 24.7 Å². The Morgan fingerprint density at radius 3 is 2.07 bits per heavy atom. The predicted octanol–water partition coefficient (Wildman–Crippen LogP) is 4.05. The van der Waals surface area contributed by atoms with Crippen LogP contribution in [0.25, 0.3) is 0 Å². The van der Waals surface area contributed by atoms with E-state index < -0.39 is 0 Å². The number of hydrogen-bond acceptors (Lipinski definition) is 1. The van der Waals surface area contributed by atoms with Crippen molar-refractivity contribution in [3.8, 4) is 0 Å². The topological polar surface area (TPSA) is 3.24 Å². The highest BCUT2D eigenvalue weighted by Gasteiger charge is 2.07. The standard InChI is InChI=1S/C12H17Cl2N/c1-3-15(4-2)11-7-5-10(6-8-11)12(14)9-13/h5-8,12H,3-4,9H2,1-2H3. The Balaban J connectivity index is 2.79. The summed E-state index contributed by atoms with van der Waals surface area (Å²) >= 11 is 11.7. The summed E-state index contributed by atoms with van der Waals surface area (Å²) in [5.74, 6) is 0.451. The summed E-state index contributed by atoms with van der Waals surface area (Å²) in [7, 11) is 0. The van der Waals surface area contributed by atoms with Crippen molar-refractivity contribution in [1.29, 1.82) is 0 Å². The molecule has 1 aromatic carbocycles. The van der Waals surface area contributed by atoms with E-state index in [-0.39, 0.29) is 5.38 Å². The summed E-state index contributed by atoms with van der Waals surface area (Å²) in [6.07, 6.45) is 0. The van der Waals surface area contributed by atoms with E-state index >= 15 is 0 Å². The summed E-state index contributed by atoms with van der Waals surface area (Å²) < 4.78 is 0. The number of anilines is 1. The maximum absolute atomic E-state index is 6.04. The second-order valence-corrected chi connectivity index (χ2v) is 4.22. The highest BCUT2D eigenvalue weighted by atomic mass is 35.5. The van der Waals surface area contributed by atoms with Crippen molar-refractivity contribution in [1.82, 2.24) is 0 Å². The maximum Gasteiger partial charge on any atom is 0.0720 e. The lowest BCUT2D eigenvalue weighted by Crippen LogP contribution is -2.21. The molecule has 1 atom stereocenters. The molecule has 1 nitrogen and oxygen atoms in total. The molecule has 3 heteroatoms. The Morgan fingerprint density at radius 1 is 1.13 bits per heavy atom. The van der Waals surface area contributed by atoms with Gasteiger partial charge in [-0.2, -0.15) is 0 Å². The number of halogens is 2. The zero-order valence-electron chi connectivity index (χ0n) is 9.21. The number of rotatable bonds is 5. The molecule has 0 radical (unpaired) electrons. The zero-order chi connectivity index (χ0) is 11.3. The smallest absolute Gasteiger partial charge is 0.0720 e. The van der Waals surface area contributed by atoms with Gasteiger partial charge in [-0.25, -0.2) is 0 Å². The molecule has 0 N–H and O–H groups in total. The van der Waals surface area contributed by atoms with E-state index in [4.69, 9.17) is 23.2 Å². The number of benzene rings is 1. The van der Waals surface area contributed by atoms with Crippen molar-refractivity contribution in [2.24, 2.45) is 0 Å². The van der Waals surface area contributed by atoms with E-state index in [1.807, 2.05) is 12.1 Å². The SMILES string of the molecule is CCN(CC)c1ccc(C(Cl)CCl)cc1. The van der Waals surface area contributed by atoms with Crippen LogP contribution in [-0.2, 0) is 0 Å². The molecule has 0 heterocycles. The van der Waals surface area contributed by atoms with E-state index in [2.05, 4.69) is 30.9 Å². The third-order valence-electron chi connectivity index (χ3n) is 2.52. The summed E-state index contributed by atoms with van der Waals surface area (Å²) in [6, 6.07) is 8.30. The molecule has 0 aliphatic carbocycles. The van der Waals surface area contributed by atoms with Crippen LogP contribution in [0.1, 0.15) is 24.8 Å². The molecule has 0 aliphatic heterocycles. The van der Waals surface area contributed by atoms with E-state index in [1.54, 1.807) is 0 Å². The van der Waals surface area contributed by atoms with Crippen molar-refractivity contribution in [2.45, 2.75) is 19.2 Å². The van der Waals surface area contributed by atoms with E-state index in [1.165, 1.54) is 5.69 Å². The molecule has 15 heavy (non-hydrogen) atoms. The van der Waals surface area contributed by atoms with Crippen LogP contribution in [0.4, 0.5) is 5.69 Å². The molecule has 1 aromatic rings. The first-order valence-electron chi connectivity index (χ1n) is 5.27. The average Bonchev–Trinajstić information content (AvgIpc) is 2.30. The fourth-order valence-corrected chi connectivity index (χ4v) is 1.90. The van der Waals surface area contributed by atoms with Gasteiger partial charge in [0.15, 0.2) is 0 Å². The van der Waals surface area contributed by atoms with Crippen LogP contribution in [0.3, 0.4) is 0 Å². The largest absolute Gasteiger partial charge is 0.372 e. The van der Waals surface area contributed by atoms with Gasteiger partial charge in [0.1, 0.15) is 0 Å². The number of alkyl halides is 2. The first-order chi connectivity index (χ1) is 7.22. The zero-order valence-corrected chi connectivity index (χ0v) is 10.7. The summed E-state index contributed by atoms with van der Waals surface area (Å²) in [4.78, 5) is 2.30. The minimum atomic E-state index is -0.0857. The molecule has 0 amide bonds. The molecule has 0 aliphatic rings. The Bertz CT molecular complexity index is 280. The Kier molecular flexibility index (Phi) is 5.27. The molecule has 1 unspecified atom stereocenters. The van der Waals surface area contributed by atoms with Crippen LogP contribution in [-0.4, -0.2) is 19.0 Å². The van der Waals surface area contributed by atoms with Gasteiger partial charge in [0.25, 0.3) is 0 Å². The monoisotopic (exact) mass is 245 g/mol. The van der Waals surface area contributed by atoms with Crippen molar-refractivity contribution < 1.29 is 0 Å². The molecule has 0 fully saturated rings. The number of hydrogen-bond donors (Lipinski definition) is 0. The Hall–Kier alpha value is -0.400. The van der Waals surface area contributed by atoms with Gasteiger partial charge in [-0.1, -0.05) is 12.1 Å². The van der Waals surface area contributed by atoms with Crippen LogP contribution in [0, 0.1) is 0 Å². The van der Waals surface area contributed by atoms with Gasteiger partial charge in [-0.3, -0.25) is 0 Å². The van der Waals surface area contributed by atoms with E-state index in [0.717, 1.165) is 18.7 Å². The molecule has 0 spiro atoms. The quantitative estimate of drug-likeness (QED) is 0.708. The third kappa shape index (κ3) is 3.29. The van der Waals surface area contributed by atoms with Crippen molar-refractivity contribution in [3.05, 3.63) is 29.8 Å². The minimum absolute atomic E-state index is 0.0857. The fourth-order valence-electron chi connectivity index (χ4n) is 1.57. The maximum atomic E-state index is 6.04. The van der Waals surface area contributed by atoms with Gasteiger partial charge in [-0.05, 0) is 31.5 Å². The molecular weight excluding hydrogens is 229 g/mol. The summed E-state index contributed by atoms with van der Waals surface area (Å²) in [6.45, 7) is 6.35. The summed E-state index contributed by atoms with van der Waals surface area (Å²) in [5.41, 5.74) is 2.32. The van der Waals surface area contributed by atoms with Gasteiger partial charge >= 0.3 is 0 Å². The molecule has 0 saturated heterocycles. The van der Waals surface area contributed by atoms with Crippen LogP contribution < -0.4 is 4.90 Å². The minimum Gasteiger partial charge on any atom is -0.372 e. The Labute approximate surface area is 102 Å². The van der Waals surface area contributed by atoms with Gasteiger partial charge in [0.05, 0.1) is 5.38 Å². The molecule has 0 aromatic heterocycles. The fraction of sp³-hybridized carbons (Fsp3) is 0.500. The van der Waals surface area contributed by atoms with Crippen LogP contribution in [0.2, 0.25) is 0 Å². The lowest BCUT2D eigenvalue weighted by molar-refractivity contribution is 0.865. The normalized spacial score (nSPS) is 12.5. The highest BCUT2D eigenvalue weighted by molar-refractivity contribution is 6.28. The first kappa shape index (κ1) is 12.7. The number of nitrogens with zero attached hydrogens (tertiary/aromatic N) is 1. The molecular formula is C12H17Cl2N. The van der Waals surface area contributed by atoms with Crippen molar-refractivity contribution >= 4 is 28.9 Å². The van der Waals surface area contributed by atoms with Gasteiger partial charge in [-0.15, -0.1) is 23.2 Å². The summed E-state index contributed by atoms with van der Waals surface area (Å²) in [5, 5.41) is -0.0857. The highest BCUT2D eigenvalue weighted by Crippen LogP contribution is 2.24. The van der Waals surface area contributed by atoms with E-state index in [0.29, 0.717) is 5.88 Å². The van der Waals surface area contributed by atoms with Crippen LogP contribution in [0.5, 0.6) is 0 Å². The molecule has 1 rings (SSSR count). The van der Waals surface area contributed by atoms with Crippen molar-refractivity contribution in [3.63, 3.8) is 0 Å². The second-order valence-electron chi connectivity index (χ2n) is 3.39. The molecule has 0 saturated carbocycles.